The number of benzene rings is 3. The smallest absolute Gasteiger partial charge is 0.288 e. The predicted octanol–water partition coefficient (Wildman–Crippen LogP) is 6.65. The zero-order chi connectivity index (χ0) is 27.4. The number of ketones is 1. The first-order valence-corrected chi connectivity index (χ1v) is 17.7. The van der Waals surface area contributed by atoms with Crippen molar-refractivity contribution in [2.45, 2.75) is 77.7 Å². The molecule has 0 bridgehead atoms. The molecule has 0 N–H and O–H groups in total. The van der Waals surface area contributed by atoms with Gasteiger partial charge in [0.1, 0.15) is 5.78 Å². The highest BCUT2D eigenvalue weighted by Gasteiger charge is 2.61. The fourth-order valence-electron chi connectivity index (χ4n) is 10.1. The summed E-state index contributed by atoms with van der Waals surface area (Å²) in [6.07, 6.45) is 10.7. The van der Waals surface area contributed by atoms with Crippen LogP contribution in [0.2, 0.25) is 0 Å². The number of fused-ring (bicyclic) bond motifs is 5. The van der Waals surface area contributed by atoms with Crippen LogP contribution < -0.4 is 15.6 Å². The lowest BCUT2D eigenvalue weighted by molar-refractivity contribution is -0.156. The van der Waals surface area contributed by atoms with Crippen LogP contribution in [-0.2, 0) is 9.22 Å². The maximum absolute atomic E-state index is 14.1. The van der Waals surface area contributed by atoms with Crippen LogP contribution in [0.4, 0.5) is 0 Å². The van der Waals surface area contributed by atoms with Crippen LogP contribution in [0.3, 0.4) is 0 Å². The number of carbonyl (C=O) groups excluding carboxylic acids is 1. The Morgan fingerprint density at radius 2 is 1.27 bits per heavy atom. The van der Waals surface area contributed by atoms with Gasteiger partial charge in [0.15, 0.2) is 0 Å². The summed E-state index contributed by atoms with van der Waals surface area (Å²) in [7, 11) is -2.79. The molecule has 0 radical (unpaired) electrons. The minimum atomic E-state index is -2.79. The molecular formula is C37H44O2Si. The fourth-order valence-corrected chi connectivity index (χ4v) is 14.2. The van der Waals surface area contributed by atoms with E-state index in [4.69, 9.17) is 4.43 Å². The first kappa shape index (κ1) is 26.4. The molecule has 40 heavy (non-hydrogen) atoms. The quantitative estimate of drug-likeness (QED) is 0.264. The third kappa shape index (κ3) is 4.10. The van der Waals surface area contributed by atoms with E-state index in [1.54, 1.807) is 0 Å². The summed E-state index contributed by atoms with van der Waals surface area (Å²) < 4.78 is 7.59. The Balaban J connectivity index is 1.24. The van der Waals surface area contributed by atoms with E-state index in [1.807, 2.05) is 0 Å². The Morgan fingerprint density at radius 1 is 0.700 bits per heavy atom. The summed E-state index contributed by atoms with van der Waals surface area (Å²) in [6.45, 7) is 5.03. The molecule has 3 aromatic carbocycles. The minimum absolute atomic E-state index is 0.0891. The maximum atomic E-state index is 14.1. The summed E-state index contributed by atoms with van der Waals surface area (Å²) in [6, 6.07) is 32.7. The molecule has 4 aliphatic rings. The number of hydrogen-bond acceptors (Lipinski definition) is 2. The second-order valence-corrected chi connectivity index (χ2v) is 17.3. The molecule has 208 valence electrons. The van der Waals surface area contributed by atoms with E-state index >= 15 is 0 Å². The van der Waals surface area contributed by atoms with E-state index in [1.165, 1.54) is 47.7 Å². The summed E-state index contributed by atoms with van der Waals surface area (Å²) in [4.78, 5) is 14.1. The van der Waals surface area contributed by atoms with Gasteiger partial charge in [0.25, 0.3) is 8.32 Å². The molecule has 0 aliphatic heterocycles. The molecule has 0 heterocycles. The number of carbonyl (C=O) groups is 1. The van der Waals surface area contributed by atoms with Crippen LogP contribution in [0, 0.1) is 34.5 Å². The molecule has 0 saturated heterocycles. The van der Waals surface area contributed by atoms with E-state index in [2.05, 4.69) is 105 Å². The molecule has 3 heteroatoms. The highest BCUT2D eigenvalue weighted by atomic mass is 28.4. The molecule has 4 fully saturated rings. The van der Waals surface area contributed by atoms with Crippen molar-refractivity contribution in [3.8, 4) is 0 Å². The normalized spacial score (nSPS) is 35.5. The van der Waals surface area contributed by atoms with E-state index < -0.39 is 8.32 Å². The SMILES string of the molecule is C[C@@]12CCC[C@H]1[C@@H]1CC(=O)C3C[C@H](O[Si](c4ccccc4)(c4ccccc4)c4ccccc4)CC[C@]3(C)[C@H]1CC2. The molecule has 0 aromatic heterocycles. The first-order chi connectivity index (χ1) is 19.4. The van der Waals surface area contributed by atoms with E-state index in [0.717, 1.165) is 31.6 Å². The summed E-state index contributed by atoms with van der Waals surface area (Å²) in [5.41, 5.74) is 0.609. The van der Waals surface area contributed by atoms with E-state index in [9.17, 15) is 4.79 Å². The van der Waals surface area contributed by atoms with Crippen LogP contribution in [-0.4, -0.2) is 20.2 Å². The topological polar surface area (TPSA) is 26.3 Å². The van der Waals surface area contributed by atoms with E-state index in [-0.39, 0.29) is 17.4 Å². The highest BCUT2D eigenvalue weighted by Crippen LogP contribution is 2.65. The van der Waals surface area contributed by atoms with Gasteiger partial charge in [-0.1, -0.05) is 111 Å². The molecular weight excluding hydrogens is 504 g/mol. The second-order valence-electron chi connectivity index (χ2n) is 14.0. The lowest BCUT2D eigenvalue weighted by Gasteiger charge is -2.60. The van der Waals surface area contributed by atoms with Gasteiger partial charge >= 0.3 is 0 Å². The van der Waals surface area contributed by atoms with Crippen molar-refractivity contribution < 1.29 is 9.22 Å². The van der Waals surface area contributed by atoms with Crippen molar-refractivity contribution in [3.05, 3.63) is 91.0 Å². The van der Waals surface area contributed by atoms with Crippen molar-refractivity contribution in [1.82, 2.24) is 0 Å². The van der Waals surface area contributed by atoms with Crippen LogP contribution in [0.5, 0.6) is 0 Å². The Bertz CT molecular complexity index is 1240. The van der Waals surface area contributed by atoms with Crippen LogP contribution in [0.25, 0.3) is 0 Å². The fraction of sp³-hybridized carbons (Fsp3) is 0.486. The molecule has 4 saturated carbocycles. The molecule has 1 unspecified atom stereocenters. The summed E-state index contributed by atoms with van der Waals surface area (Å²) >= 11 is 0. The Morgan fingerprint density at radius 3 is 1.85 bits per heavy atom. The standard InChI is InChI=1S/C37H44O2Si/c1-36-22-12-19-32(36)31-26-35(38)34-25-27(20-24-37(34,2)33(31)21-23-36)39-40(28-13-6-3-7-14-28,29-15-8-4-9-16-29)30-17-10-5-11-18-30/h3-11,13-18,27,31-34H,12,19-26H2,1-2H3/t27-,31+,32+,33+,34?,36+,37-/m1/s1. The van der Waals surface area contributed by atoms with Crippen molar-refractivity contribution in [2.24, 2.45) is 34.5 Å². The van der Waals surface area contributed by atoms with Gasteiger partial charge in [0, 0.05) is 18.4 Å². The van der Waals surface area contributed by atoms with Gasteiger partial charge in [-0.15, -0.1) is 0 Å². The van der Waals surface area contributed by atoms with Crippen molar-refractivity contribution in [1.29, 1.82) is 0 Å². The van der Waals surface area contributed by atoms with Crippen LogP contribution >= 0.6 is 0 Å². The highest BCUT2D eigenvalue weighted by molar-refractivity contribution is 7.07. The lowest BCUT2D eigenvalue weighted by Crippen LogP contribution is -2.71. The summed E-state index contributed by atoms with van der Waals surface area (Å²) in [5, 5.41) is 3.84. The average Bonchev–Trinajstić information content (AvgIpc) is 3.40. The number of rotatable bonds is 5. The Kier molecular flexibility index (Phi) is 6.67. The third-order valence-corrected chi connectivity index (χ3v) is 16.2. The van der Waals surface area contributed by atoms with Crippen LogP contribution in [0.1, 0.15) is 71.6 Å². The van der Waals surface area contributed by atoms with Gasteiger partial charge in [-0.3, -0.25) is 4.79 Å². The van der Waals surface area contributed by atoms with Gasteiger partial charge in [0.2, 0.25) is 0 Å². The molecule has 7 atom stereocenters. The number of Topliss-reactive ketones (excluding diaryl/α,β-unsaturated/α-hetero) is 1. The largest absolute Gasteiger partial charge is 0.401 e. The second kappa shape index (κ2) is 10.1. The molecule has 0 spiro atoms. The Labute approximate surface area is 241 Å². The summed E-state index contributed by atoms with van der Waals surface area (Å²) in [5.74, 6) is 2.74. The first-order valence-electron chi connectivity index (χ1n) is 15.8. The van der Waals surface area contributed by atoms with E-state index in [0.29, 0.717) is 23.0 Å². The van der Waals surface area contributed by atoms with Crippen molar-refractivity contribution in [2.75, 3.05) is 0 Å². The van der Waals surface area contributed by atoms with Gasteiger partial charge in [0.05, 0.1) is 0 Å². The Hall–Kier alpha value is -2.49. The molecule has 3 aromatic rings. The molecule has 4 aliphatic carbocycles. The lowest BCUT2D eigenvalue weighted by atomic mass is 9.45. The zero-order valence-electron chi connectivity index (χ0n) is 24.2. The zero-order valence-corrected chi connectivity index (χ0v) is 25.2. The van der Waals surface area contributed by atoms with Gasteiger partial charge in [-0.05, 0) is 89.1 Å². The van der Waals surface area contributed by atoms with Crippen molar-refractivity contribution in [3.63, 3.8) is 0 Å². The predicted molar refractivity (Wildman–Crippen MR) is 166 cm³/mol. The van der Waals surface area contributed by atoms with Gasteiger partial charge in [-0.2, -0.15) is 0 Å². The monoisotopic (exact) mass is 548 g/mol. The van der Waals surface area contributed by atoms with Gasteiger partial charge in [-0.25, -0.2) is 0 Å². The number of hydrogen-bond donors (Lipinski definition) is 0. The van der Waals surface area contributed by atoms with Crippen LogP contribution in [0.15, 0.2) is 91.0 Å². The van der Waals surface area contributed by atoms with Gasteiger partial charge < -0.3 is 4.43 Å². The molecule has 7 rings (SSSR count). The van der Waals surface area contributed by atoms with Crippen molar-refractivity contribution >= 4 is 29.7 Å². The molecule has 2 nitrogen and oxygen atoms in total. The minimum Gasteiger partial charge on any atom is -0.401 e. The third-order valence-electron chi connectivity index (χ3n) is 12.1. The molecule has 0 amide bonds. The average molecular weight is 549 g/mol. The maximum Gasteiger partial charge on any atom is 0.288 e.